The third-order valence-corrected chi connectivity index (χ3v) is 4.82. The van der Waals surface area contributed by atoms with E-state index in [4.69, 9.17) is 13.9 Å². The van der Waals surface area contributed by atoms with Crippen molar-refractivity contribution >= 4 is 5.91 Å². The van der Waals surface area contributed by atoms with E-state index in [1.807, 2.05) is 24.8 Å². The lowest BCUT2D eigenvalue weighted by Gasteiger charge is -2.50. The molecule has 5 nitrogen and oxygen atoms in total. The quantitative estimate of drug-likeness (QED) is 0.858. The summed E-state index contributed by atoms with van der Waals surface area (Å²) in [4.78, 5) is 14.6. The van der Waals surface area contributed by atoms with Gasteiger partial charge in [0, 0.05) is 31.7 Å². The molecule has 3 rings (SSSR count). The molecule has 0 aromatic carbocycles. The third-order valence-electron chi connectivity index (χ3n) is 4.82. The topological polar surface area (TPSA) is 51.9 Å². The first-order valence-corrected chi connectivity index (χ1v) is 8.20. The highest BCUT2D eigenvalue weighted by molar-refractivity contribution is 5.91. The van der Waals surface area contributed by atoms with Gasteiger partial charge in [0.1, 0.15) is 5.76 Å². The fourth-order valence-corrected chi connectivity index (χ4v) is 3.68. The number of aryl methyl sites for hydroxylation is 1. The highest BCUT2D eigenvalue weighted by Crippen LogP contribution is 2.40. The molecule has 0 aliphatic carbocycles. The van der Waals surface area contributed by atoms with Crippen molar-refractivity contribution in [1.82, 2.24) is 4.90 Å². The van der Waals surface area contributed by atoms with Crippen LogP contribution in [-0.4, -0.2) is 49.8 Å². The van der Waals surface area contributed by atoms with Crippen molar-refractivity contribution in [3.05, 3.63) is 23.7 Å². The van der Waals surface area contributed by atoms with Crippen molar-refractivity contribution in [1.29, 1.82) is 0 Å². The van der Waals surface area contributed by atoms with E-state index in [0.717, 1.165) is 38.2 Å². The van der Waals surface area contributed by atoms with Gasteiger partial charge < -0.3 is 18.8 Å². The summed E-state index contributed by atoms with van der Waals surface area (Å²) >= 11 is 0. The molecule has 2 aliphatic heterocycles. The number of ether oxygens (including phenoxy) is 2. The summed E-state index contributed by atoms with van der Waals surface area (Å²) in [6.07, 6.45) is 3.16. The van der Waals surface area contributed by atoms with E-state index in [1.165, 1.54) is 0 Å². The molecule has 22 heavy (non-hydrogen) atoms. The van der Waals surface area contributed by atoms with E-state index in [0.29, 0.717) is 25.5 Å². The first-order chi connectivity index (χ1) is 10.6. The first-order valence-electron chi connectivity index (χ1n) is 8.20. The monoisotopic (exact) mass is 307 g/mol. The average Bonchev–Trinajstić information content (AvgIpc) is 2.98. The maximum Gasteiger partial charge on any atom is 0.289 e. The number of rotatable bonds is 4. The summed E-state index contributed by atoms with van der Waals surface area (Å²) in [5.41, 5.74) is -0.0657. The van der Waals surface area contributed by atoms with Gasteiger partial charge in [-0.2, -0.15) is 0 Å². The van der Waals surface area contributed by atoms with Gasteiger partial charge >= 0.3 is 0 Å². The lowest BCUT2D eigenvalue weighted by atomic mass is 9.73. The molecular weight excluding hydrogens is 282 g/mol. The van der Waals surface area contributed by atoms with Crippen molar-refractivity contribution in [2.75, 3.05) is 32.9 Å². The van der Waals surface area contributed by atoms with Gasteiger partial charge in [0.25, 0.3) is 5.91 Å². The van der Waals surface area contributed by atoms with Crippen LogP contribution in [0.3, 0.4) is 0 Å². The van der Waals surface area contributed by atoms with Gasteiger partial charge in [-0.05, 0) is 45.2 Å². The second-order valence-corrected chi connectivity index (χ2v) is 6.39. The third kappa shape index (κ3) is 2.92. The fourth-order valence-electron chi connectivity index (χ4n) is 3.68. The minimum atomic E-state index is -0.0657. The van der Waals surface area contributed by atoms with Crippen LogP contribution >= 0.6 is 0 Å². The molecule has 1 aromatic rings. The van der Waals surface area contributed by atoms with E-state index in [2.05, 4.69) is 0 Å². The Morgan fingerprint density at radius 2 is 2.36 bits per heavy atom. The second kappa shape index (κ2) is 6.42. The molecule has 2 atom stereocenters. The molecule has 0 unspecified atom stereocenters. The highest BCUT2D eigenvalue weighted by atomic mass is 16.5. The fraction of sp³-hybridized carbons (Fsp3) is 0.706. The normalized spacial score (nSPS) is 28.5. The molecule has 1 aromatic heterocycles. The molecule has 2 fully saturated rings. The number of likely N-dealkylation sites (tertiary alicyclic amines) is 1. The highest BCUT2D eigenvalue weighted by Gasteiger charge is 2.47. The lowest BCUT2D eigenvalue weighted by Crippen LogP contribution is -2.58. The van der Waals surface area contributed by atoms with Gasteiger partial charge in [-0.25, -0.2) is 0 Å². The maximum atomic E-state index is 12.7. The Morgan fingerprint density at radius 1 is 1.50 bits per heavy atom. The Balaban J connectivity index is 1.76. The molecule has 2 aliphatic rings. The molecule has 122 valence electrons. The summed E-state index contributed by atoms with van der Waals surface area (Å²) in [5, 5.41) is 0. The SMILES string of the molecule is CCOC[C@@]12CCCO[C@@H]1CCN(C(=O)c1ccc(C)o1)C2. The molecule has 0 bridgehead atoms. The summed E-state index contributed by atoms with van der Waals surface area (Å²) in [6.45, 7) is 7.45. The van der Waals surface area contributed by atoms with Crippen molar-refractivity contribution in [2.45, 2.75) is 39.2 Å². The lowest BCUT2D eigenvalue weighted by molar-refractivity contribution is -0.146. The maximum absolute atomic E-state index is 12.7. The Hall–Kier alpha value is -1.33. The van der Waals surface area contributed by atoms with Gasteiger partial charge in [0.15, 0.2) is 5.76 Å². The molecule has 0 N–H and O–H groups in total. The predicted molar refractivity (Wildman–Crippen MR) is 81.9 cm³/mol. The van der Waals surface area contributed by atoms with Crippen LogP contribution in [0.4, 0.5) is 0 Å². The second-order valence-electron chi connectivity index (χ2n) is 6.39. The van der Waals surface area contributed by atoms with Gasteiger partial charge in [-0.3, -0.25) is 4.79 Å². The van der Waals surface area contributed by atoms with E-state index in [1.54, 1.807) is 6.07 Å². The van der Waals surface area contributed by atoms with E-state index in [9.17, 15) is 4.79 Å². The predicted octanol–water partition coefficient (Wildman–Crippen LogP) is 2.64. The number of nitrogens with zero attached hydrogens (tertiary/aromatic N) is 1. The van der Waals surface area contributed by atoms with Crippen molar-refractivity contribution in [2.24, 2.45) is 5.41 Å². The van der Waals surface area contributed by atoms with E-state index in [-0.39, 0.29) is 17.4 Å². The molecule has 0 saturated carbocycles. The summed E-state index contributed by atoms with van der Waals surface area (Å²) in [5.74, 6) is 1.18. The van der Waals surface area contributed by atoms with E-state index < -0.39 is 0 Å². The van der Waals surface area contributed by atoms with Gasteiger partial charge in [-0.1, -0.05) is 0 Å². The Kier molecular flexibility index (Phi) is 4.54. The minimum absolute atomic E-state index is 0.0204. The molecule has 0 radical (unpaired) electrons. The number of furan rings is 1. The van der Waals surface area contributed by atoms with Gasteiger partial charge in [0.05, 0.1) is 12.7 Å². The van der Waals surface area contributed by atoms with Crippen molar-refractivity contribution in [3.8, 4) is 0 Å². The molecule has 1 amide bonds. The Morgan fingerprint density at radius 3 is 3.09 bits per heavy atom. The van der Waals surface area contributed by atoms with Crippen LogP contribution in [0.15, 0.2) is 16.5 Å². The zero-order valence-electron chi connectivity index (χ0n) is 13.5. The van der Waals surface area contributed by atoms with Crippen molar-refractivity contribution in [3.63, 3.8) is 0 Å². The molecule has 3 heterocycles. The molecule has 2 saturated heterocycles. The van der Waals surface area contributed by atoms with Crippen LogP contribution in [0.5, 0.6) is 0 Å². The number of carbonyl (C=O) groups is 1. The standard InChI is InChI=1S/C17H25NO4/c1-3-20-12-17-8-4-10-21-15(17)7-9-18(11-17)16(19)14-6-5-13(2)22-14/h5-6,15H,3-4,7-12H2,1-2H3/t15-,17+/m1/s1. The summed E-state index contributed by atoms with van der Waals surface area (Å²) < 4.78 is 17.2. The molecular formula is C17H25NO4. The summed E-state index contributed by atoms with van der Waals surface area (Å²) in [7, 11) is 0. The number of hydrogen-bond donors (Lipinski definition) is 0. The number of hydrogen-bond acceptors (Lipinski definition) is 4. The van der Waals surface area contributed by atoms with Crippen LogP contribution in [0.1, 0.15) is 42.5 Å². The average molecular weight is 307 g/mol. The number of amides is 1. The molecule has 5 heteroatoms. The zero-order valence-corrected chi connectivity index (χ0v) is 13.5. The number of fused-ring (bicyclic) bond motifs is 1. The first kappa shape index (κ1) is 15.6. The van der Waals surface area contributed by atoms with Gasteiger partial charge in [-0.15, -0.1) is 0 Å². The van der Waals surface area contributed by atoms with Crippen LogP contribution in [0.25, 0.3) is 0 Å². The van der Waals surface area contributed by atoms with Crippen LogP contribution in [0, 0.1) is 12.3 Å². The largest absolute Gasteiger partial charge is 0.456 e. The van der Waals surface area contributed by atoms with Crippen molar-refractivity contribution < 1.29 is 18.7 Å². The van der Waals surface area contributed by atoms with Gasteiger partial charge in [0.2, 0.25) is 0 Å². The van der Waals surface area contributed by atoms with Crippen LogP contribution < -0.4 is 0 Å². The van der Waals surface area contributed by atoms with Crippen LogP contribution in [-0.2, 0) is 9.47 Å². The van der Waals surface area contributed by atoms with E-state index >= 15 is 0 Å². The zero-order chi connectivity index (χ0) is 15.6. The Labute approximate surface area is 131 Å². The molecule has 0 spiro atoms. The number of carbonyl (C=O) groups excluding carboxylic acids is 1. The van der Waals surface area contributed by atoms with Crippen LogP contribution in [0.2, 0.25) is 0 Å². The smallest absolute Gasteiger partial charge is 0.289 e. The number of piperidine rings is 1. The summed E-state index contributed by atoms with van der Waals surface area (Å²) in [6, 6.07) is 3.59. The Bertz CT molecular complexity index is 526. The minimum Gasteiger partial charge on any atom is -0.456 e.